The Morgan fingerprint density at radius 3 is 2.24 bits per heavy atom. The van der Waals surface area contributed by atoms with Gasteiger partial charge in [-0.3, -0.25) is 4.57 Å². The number of aromatic nitrogens is 1. The van der Waals surface area contributed by atoms with Crippen LogP contribution in [0.25, 0.3) is 10.9 Å². The van der Waals surface area contributed by atoms with Crippen molar-refractivity contribution in [3.05, 3.63) is 35.5 Å². The summed E-state index contributed by atoms with van der Waals surface area (Å²) in [5.41, 5.74) is 0.451. The van der Waals surface area contributed by atoms with Gasteiger partial charge < -0.3 is 19.7 Å². The van der Waals surface area contributed by atoms with Gasteiger partial charge in [0.05, 0.1) is 5.60 Å². The first kappa shape index (κ1) is 19.7. The average molecular weight is 367 g/mol. The lowest BCUT2D eigenvalue weighted by atomic mass is 10.1. The Morgan fingerprint density at radius 2 is 1.76 bits per heavy atom. The van der Waals surface area contributed by atoms with E-state index in [0.717, 1.165) is 0 Å². The summed E-state index contributed by atoms with van der Waals surface area (Å²) < 4.78 is 19.5. The second-order valence-corrected chi connectivity index (χ2v) is 11.4. The number of carboxylic acids is 1. The Bertz CT molecular complexity index is 841. The zero-order chi connectivity index (χ0) is 19.2. The monoisotopic (exact) mass is 367 g/mol. The van der Waals surface area contributed by atoms with E-state index in [4.69, 9.17) is 9.63 Å². The molecule has 3 N–H and O–H groups in total. The second-order valence-electron chi connectivity index (χ2n) is 8.18. The molecule has 25 heavy (non-hydrogen) atoms. The van der Waals surface area contributed by atoms with Gasteiger partial charge >= 0.3 is 5.97 Å². The lowest BCUT2D eigenvalue weighted by molar-refractivity contribution is 0.0691. The number of aliphatic hydroxyl groups excluding tert-OH is 1. The molecule has 0 aliphatic carbocycles. The fraction of sp³-hybridized carbons (Fsp3) is 0.500. The van der Waals surface area contributed by atoms with Gasteiger partial charge in [-0.2, -0.15) is 0 Å². The Balaban J connectivity index is 2.52. The number of hydrogen-bond acceptors (Lipinski definition) is 4. The number of carboxylic acid groups (broad SMARTS) is 1. The summed E-state index contributed by atoms with van der Waals surface area (Å²) in [5.74, 6) is -2.37. The smallest absolute Gasteiger partial charge is 0.352 e. The van der Waals surface area contributed by atoms with Gasteiger partial charge in [0, 0.05) is 16.1 Å². The Kier molecular flexibility index (Phi) is 4.94. The summed E-state index contributed by atoms with van der Waals surface area (Å²) in [7, 11) is -3.50. The van der Waals surface area contributed by atoms with Crippen molar-refractivity contribution >= 4 is 24.2 Å². The normalized spacial score (nSPS) is 16.6. The Hall–Kier alpha value is -1.62. The van der Waals surface area contributed by atoms with E-state index in [1.54, 1.807) is 59.7 Å². The van der Waals surface area contributed by atoms with Crippen LogP contribution in [0.5, 0.6) is 0 Å². The molecule has 1 aromatic heterocycles. The summed E-state index contributed by atoms with van der Waals surface area (Å²) >= 11 is 0. The van der Waals surface area contributed by atoms with Crippen molar-refractivity contribution in [3.63, 3.8) is 0 Å². The van der Waals surface area contributed by atoms with Gasteiger partial charge in [0.2, 0.25) is 7.37 Å². The zero-order valence-electron chi connectivity index (χ0n) is 15.5. The minimum absolute atomic E-state index is 0.0617. The van der Waals surface area contributed by atoms with Crippen molar-refractivity contribution < 1.29 is 24.1 Å². The molecular weight excluding hydrogens is 341 g/mol. The van der Waals surface area contributed by atoms with Crippen molar-refractivity contribution in [2.24, 2.45) is 0 Å². The largest absolute Gasteiger partial charge is 0.477 e. The molecule has 0 spiro atoms. The summed E-state index contributed by atoms with van der Waals surface area (Å²) in [6, 6.07) is 6.44. The maximum absolute atomic E-state index is 13.6. The van der Waals surface area contributed by atoms with Gasteiger partial charge in [-0.25, -0.2) is 4.79 Å². The minimum Gasteiger partial charge on any atom is -0.477 e. The van der Waals surface area contributed by atoms with E-state index in [2.05, 4.69) is 4.98 Å². The van der Waals surface area contributed by atoms with Crippen LogP contribution in [0.2, 0.25) is 0 Å². The highest BCUT2D eigenvalue weighted by Gasteiger charge is 2.47. The number of rotatable bonds is 4. The number of nitrogens with one attached hydrogen (secondary N) is 1. The number of H-pyrrole nitrogens is 1. The van der Waals surface area contributed by atoms with Gasteiger partial charge in [-0.1, -0.05) is 26.8 Å². The van der Waals surface area contributed by atoms with E-state index in [-0.39, 0.29) is 5.69 Å². The molecule has 0 aliphatic rings. The topological polar surface area (TPSA) is 99.6 Å². The standard InChI is InChI=1S/C18H26NO5P/c1-17(2,3)24-25(23,18(4,5)6)16(22)11-7-8-13-12(9-11)10-14(19-13)15(20)21/h7-10,16,19,22H,1-6H3,(H,20,21). The molecule has 1 aromatic carbocycles. The summed E-state index contributed by atoms with van der Waals surface area (Å²) in [4.78, 5) is 13.9. The lowest BCUT2D eigenvalue weighted by Gasteiger charge is -2.38. The van der Waals surface area contributed by atoms with Crippen LogP contribution in [0.1, 0.15) is 63.4 Å². The number of aliphatic hydroxyl groups is 1. The molecule has 1 heterocycles. The van der Waals surface area contributed by atoms with Gasteiger partial charge in [0.25, 0.3) is 0 Å². The third-order valence-electron chi connectivity index (χ3n) is 3.84. The van der Waals surface area contributed by atoms with Crippen LogP contribution >= 0.6 is 7.37 Å². The van der Waals surface area contributed by atoms with Crippen LogP contribution in [0.3, 0.4) is 0 Å². The fourth-order valence-electron chi connectivity index (χ4n) is 2.58. The molecule has 0 amide bonds. The number of benzene rings is 1. The first-order chi connectivity index (χ1) is 11.2. The van der Waals surface area contributed by atoms with Crippen LogP contribution < -0.4 is 0 Å². The van der Waals surface area contributed by atoms with Crippen LogP contribution in [0.15, 0.2) is 24.3 Å². The van der Waals surface area contributed by atoms with E-state index >= 15 is 0 Å². The molecule has 0 saturated carbocycles. The molecule has 0 saturated heterocycles. The summed E-state index contributed by atoms with van der Waals surface area (Å²) in [5, 5.41) is 19.8. The van der Waals surface area contributed by atoms with Gasteiger partial charge in [0.15, 0.2) is 5.85 Å². The number of carbonyl (C=O) groups is 1. The maximum atomic E-state index is 13.6. The van der Waals surface area contributed by atoms with Gasteiger partial charge in [-0.15, -0.1) is 0 Å². The van der Waals surface area contributed by atoms with Crippen molar-refractivity contribution in [2.45, 2.75) is 58.1 Å². The third-order valence-corrected chi connectivity index (χ3v) is 7.47. The van der Waals surface area contributed by atoms with Crippen molar-refractivity contribution in [3.8, 4) is 0 Å². The molecule has 2 aromatic rings. The van der Waals surface area contributed by atoms with Crippen LogP contribution in [-0.2, 0) is 9.09 Å². The molecule has 2 rings (SSSR count). The molecule has 138 valence electrons. The highest BCUT2D eigenvalue weighted by Crippen LogP contribution is 2.69. The van der Waals surface area contributed by atoms with Crippen molar-refractivity contribution in [1.29, 1.82) is 0 Å². The van der Waals surface area contributed by atoms with Crippen LogP contribution in [0.4, 0.5) is 0 Å². The number of aromatic amines is 1. The van der Waals surface area contributed by atoms with E-state index in [1.165, 1.54) is 6.07 Å². The number of fused-ring (bicyclic) bond motifs is 1. The molecule has 0 radical (unpaired) electrons. The van der Waals surface area contributed by atoms with E-state index in [1.807, 2.05) is 0 Å². The maximum Gasteiger partial charge on any atom is 0.352 e. The average Bonchev–Trinajstić information content (AvgIpc) is 2.86. The molecule has 7 heteroatoms. The minimum atomic E-state index is -3.50. The van der Waals surface area contributed by atoms with Gasteiger partial charge in [-0.05, 0) is 44.5 Å². The lowest BCUT2D eigenvalue weighted by Crippen LogP contribution is -2.28. The summed E-state index contributed by atoms with van der Waals surface area (Å²) in [6.07, 6.45) is 0. The first-order valence-electron chi connectivity index (χ1n) is 8.09. The molecule has 0 fully saturated rings. The summed E-state index contributed by atoms with van der Waals surface area (Å²) in [6.45, 7) is 10.7. The molecule has 2 atom stereocenters. The van der Waals surface area contributed by atoms with Gasteiger partial charge in [0.1, 0.15) is 5.69 Å². The van der Waals surface area contributed by atoms with Crippen molar-refractivity contribution in [2.75, 3.05) is 0 Å². The predicted molar refractivity (Wildman–Crippen MR) is 98.4 cm³/mol. The van der Waals surface area contributed by atoms with Crippen molar-refractivity contribution in [1.82, 2.24) is 4.98 Å². The van der Waals surface area contributed by atoms with E-state index < -0.39 is 29.9 Å². The number of hydrogen-bond donors (Lipinski definition) is 3. The quantitative estimate of drug-likeness (QED) is 0.677. The van der Waals surface area contributed by atoms with Crippen LogP contribution in [-0.4, -0.2) is 31.9 Å². The Labute approximate surface area is 147 Å². The van der Waals surface area contributed by atoms with E-state index in [0.29, 0.717) is 16.5 Å². The molecular formula is C18H26NO5P. The first-order valence-corrected chi connectivity index (χ1v) is 9.78. The Morgan fingerprint density at radius 1 is 1.16 bits per heavy atom. The fourth-order valence-corrected chi connectivity index (χ4v) is 5.06. The predicted octanol–water partition coefficient (Wildman–Crippen LogP) is 4.75. The molecule has 0 aliphatic heterocycles. The number of aromatic carboxylic acids is 1. The van der Waals surface area contributed by atoms with E-state index in [9.17, 15) is 14.5 Å². The SMILES string of the molecule is CC(C)(C)OP(=O)(C(O)c1ccc2[nH]c(C(=O)O)cc2c1)C(C)(C)C. The van der Waals surface area contributed by atoms with Crippen LogP contribution in [0, 0.1) is 0 Å². The second kappa shape index (κ2) is 6.27. The third kappa shape index (κ3) is 3.97. The molecule has 2 unspecified atom stereocenters. The zero-order valence-corrected chi connectivity index (χ0v) is 16.3. The molecule has 6 nitrogen and oxygen atoms in total. The highest BCUT2D eigenvalue weighted by molar-refractivity contribution is 7.60. The highest BCUT2D eigenvalue weighted by atomic mass is 31.2. The molecule has 0 bridgehead atoms.